The van der Waals surface area contributed by atoms with E-state index in [1.165, 1.54) is 23.2 Å². The quantitative estimate of drug-likeness (QED) is 0.527. The molecular formula is C25H22FN5O3. The molecule has 34 heavy (non-hydrogen) atoms. The molecule has 0 bridgehead atoms. The predicted octanol–water partition coefficient (Wildman–Crippen LogP) is 2.95. The number of anilines is 2. The van der Waals surface area contributed by atoms with E-state index in [1.54, 1.807) is 36.4 Å². The van der Waals surface area contributed by atoms with Gasteiger partial charge in [0.05, 0.1) is 5.69 Å². The van der Waals surface area contributed by atoms with Crippen LogP contribution >= 0.6 is 0 Å². The highest BCUT2D eigenvalue weighted by atomic mass is 19.1. The molecule has 0 spiro atoms. The standard InChI is InChI=1S/C25H22FN5O3/c1-16-8-10-21(11-9-16)31-22(32)15-27-23(30-31)25(34)28-14-17-4-2-7-20(12-17)29-24(33)18-5-3-6-19(26)13-18/h2-13H,14-15H2,1H3,(H,27,30)(H,28,34)(H,29,33). The van der Waals surface area contributed by atoms with Gasteiger partial charge < -0.3 is 10.6 Å². The van der Waals surface area contributed by atoms with Crippen molar-refractivity contribution in [3.05, 3.63) is 95.3 Å². The van der Waals surface area contributed by atoms with E-state index < -0.39 is 17.6 Å². The van der Waals surface area contributed by atoms with Crippen LogP contribution in [0, 0.1) is 12.7 Å². The van der Waals surface area contributed by atoms with Gasteiger partial charge in [-0.25, -0.2) is 9.40 Å². The van der Waals surface area contributed by atoms with Gasteiger partial charge in [-0.15, -0.1) is 0 Å². The number of hydrogen-bond acceptors (Lipinski definition) is 5. The van der Waals surface area contributed by atoms with Crippen LogP contribution in [0.2, 0.25) is 0 Å². The fraction of sp³-hybridized carbons (Fsp3) is 0.120. The molecule has 8 nitrogen and oxygen atoms in total. The molecule has 0 aliphatic carbocycles. The van der Waals surface area contributed by atoms with Crippen molar-refractivity contribution in [1.29, 1.82) is 0 Å². The van der Waals surface area contributed by atoms with Crippen molar-refractivity contribution >= 4 is 34.9 Å². The summed E-state index contributed by atoms with van der Waals surface area (Å²) in [7, 11) is 0. The van der Waals surface area contributed by atoms with Crippen LogP contribution in [0.4, 0.5) is 15.8 Å². The molecule has 0 aromatic heterocycles. The third-order valence-corrected chi connectivity index (χ3v) is 5.07. The van der Waals surface area contributed by atoms with E-state index in [2.05, 4.69) is 21.1 Å². The number of carbonyl (C=O) groups is 3. The molecule has 1 aliphatic rings. The van der Waals surface area contributed by atoms with E-state index in [0.717, 1.165) is 17.2 Å². The summed E-state index contributed by atoms with van der Waals surface area (Å²) in [4.78, 5) is 41.3. The molecule has 3 amide bonds. The summed E-state index contributed by atoms with van der Waals surface area (Å²) in [5.74, 6) is -1.66. The first-order chi connectivity index (χ1) is 16.4. The first-order valence-corrected chi connectivity index (χ1v) is 10.5. The Bertz CT molecular complexity index is 1270. The monoisotopic (exact) mass is 459 g/mol. The van der Waals surface area contributed by atoms with Crippen LogP contribution in [0.15, 0.2) is 77.8 Å². The highest BCUT2D eigenvalue weighted by Crippen LogP contribution is 2.16. The summed E-state index contributed by atoms with van der Waals surface area (Å²) >= 11 is 0. The minimum Gasteiger partial charge on any atom is -0.345 e. The Labute approximate surface area is 195 Å². The molecule has 0 saturated heterocycles. The summed E-state index contributed by atoms with van der Waals surface area (Å²) in [5.41, 5.74) is 5.86. The van der Waals surface area contributed by atoms with Crippen molar-refractivity contribution in [2.24, 2.45) is 4.99 Å². The number of hydrazine groups is 1. The van der Waals surface area contributed by atoms with Crippen molar-refractivity contribution in [2.45, 2.75) is 13.5 Å². The third kappa shape index (κ3) is 5.44. The maximum atomic E-state index is 13.4. The Kier molecular flexibility index (Phi) is 6.63. The Hall–Kier alpha value is -4.53. The number of hydrogen-bond donors (Lipinski definition) is 3. The van der Waals surface area contributed by atoms with E-state index in [0.29, 0.717) is 11.4 Å². The summed E-state index contributed by atoms with van der Waals surface area (Å²) in [6.45, 7) is 1.96. The molecule has 1 aliphatic heterocycles. The first kappa shape index (κ1) is 22.7. The summed E-state index contributed by atoms with van der Waals surface area (Å²) in [6.07, 6.45) is 0. The Morgan fingerprint density at radius 2 is 1.79 bits per heavy atom. The van der Waals surface area contributed by atoms with E-state index in [1.807, 2.05) is 19.1 Å². The average Bonchev–Trinajstić information content (AvgIpc) is 2.84. The number of aliphatic imine (C=N–C) groups is 1. The zero-order valence-electron chi connectivity index (χ0n) is 18.3. The molecule has 9 heteroatoms. The molecule has 3 aromatic rings. The van der Waals surface area contributed by atoms with E-state index in [-0.39, 0.29) is 30.4 Å². The van der Waals surface area contributed by atoms with Crippen molar-refractivity contribution in [3.63, 3.8) is 0 Å². The summed E-state index contributed by atoms with van der Waals surface area (Å²) in [6, 6.07) is 19.6. The lowest BCUT2D eigenvalue weighted by molar-refractivity contribution is -0.118. The van der Waals surface area contributed by atoms with Crippen LogP contribution in [0.1, 0.15) is 21.5 Å². The number of carbonyl (C=O) groups excluding carboxylic acids is 3. The van der Waals surface area contributed by atoms with E-state index >= 15 is 0 Å². The number of amidine groups is 1. The van der Waals surface area contributed by atoms with Gasteiger partial charge in [-0.05, 0) is 55.0 Å². The largest absolute Gasteiger partial charge is 0.345 e. The van der Waals surface area contributed by atoms with Crippen LogP contribution in [0.5, 0.6) is 0 Å². The second-order valence-corrected chi connectivity index (χ2v) is 7.69. The lowest BCUT2D eigenvalue weighted by Crippen LogP contribution is -2.55. The number of halogens is 1. The summed E-state index contributed by atoms with van der Waals surface area (Å²) in [5, 5.41) is 6.76. The van der Waals surface area contributed by atoms with Crippen LogP contribution < -0.4 is 21.1 Å². The first-order valence-electron chi connectivity index (χ1n) is 10.5. The van der Waals surface area contributed by atoms with Crippen molar-refractivity contribution in [1.82, 2.24) is 10.7 Å². The molecule has 0 unspecified atom stereocenters. The fourth-order valence-electron chi connectivity index (χ4n) is 3.30. The van der Waals surface area contributed by atoms with Gasteiger partial charge in [-0.3, -0.25) is 24.8 Å². The topological polar surface area (TPSA) is 103 Å². The van der Waals surface area contributed by atoms with Gasteiger partial charge >= 0.3 is 0 Å². The highest BCUT2D eigenvalue weighted by Gasteiger charge is 2.25. The predicted molar refractivity (Wildman–Crippen MR) is 127 cm³/mol. The molecule has 3 N–H and O–H groups in total. The Morgan fingerprint density at radius 1 is 1.03 bits per heavy atom. The number of rotatable bonds is 6. The van der Waals surface area contributed by atoms with Gasteiger partial charge in [0.15, 0.2) is 0 Å². The Balaban J connectivity index is 1.37. The molecule has 172 valence electrons. The lowest BCUT2D eigenvalue weighted by atomic mass is 10.1. The second kappa shape index (κ2) is 9.95. The number of amides is 3. The zero-order chi connectivity index (χ0) is 24.1. The number of nitrogens with zero attached hydrogens (tertiary/aromatic N) is 2. The highest BCUT2D eigenvalue weighted by molar-refractivity contribution is 6.39. The number of benzene rings is 3. The van der Waals surface area contributed by atoms with Crippen molar-refractivity contribution in [3.8, 4) is 0 Å². The fourth-order valence-corrected chi connectivity index (χ4v) is 3.30. The minimum atomic E-state index is -0.494. The minimum absolute atomic E-state index is 0.0238. The van der Waals surface area contributed by atoms with Gasteiger partial charge in [-0.1, -0.05) is 35.9 Å². The SMILES string of the molecule is Cc1ccc(N2NC(C(=O)NCc3cccc(NC(=O)c4cccc(F)c4)c3)=NCC2=O)cc1. The molecule has 0 fully saturated rings. The second-order valence-electron chi connectivity index (χ2n) is 7.69. The zero-order valence-corrected chi connectivity index (χ0v) is 18.3. The number of nitrogens with one attached hydrogen (secondary N) is 3. The van der Waals surface area contributed by atoms with Crippen molar-refractivity contribution in [2.75, 3.05) is 16.9 Å². The molecule has 0 atom stereocenters. The van der Waals surface area contributed by atoms with E-state index in [4.69, 9.17) is 0 Å². The van der Waals surface area contributed by atoms with Gasteiger partial charge in [0.2, 0.25) is 5.84 Å². The van der Waals surface area contributed by atoms with Gasteiger partial charge in [0, 0.05) is 17.8 Å². The van der Waals surface area contributed by atoms with Gasteiger partial charge in [0.25, 0.3) is 17.7 Å². The third-order valence-electron chi connectivity index (χ3n) is 5.07. The van der Waals surface area contributed by atoms with Crippen LogP contribution in [-0.4, -0.2) is 30.1 Å². The molecule has 1 heterocycles. The average molecular weight is 459 g/mol. The lowest BCUT2D eigenvalue weighted by Gasteiger charge is -2.27. The summed E-state index contributed by atoms with van der Waals surface area (Å²) < 4.78 is 13.4. The maximum Gasteiger partial charge on any atom is 0.288 e. The molecule has 0 radical (unpaired) electrons. The van der Waals surface area contributed by atoms with E-state index in [9.17, 15) is 18.8 Å². The van der Waals surface area contributed by atoms with Crippen LogP contribution in [0.3, 0.4) is 0 Å². The molecular weight excluding hydrogens is 437 g/mol. The maximum absolute atomic E-state index is 13.4. The van der Waals surface area contributed by atoms with Gasteiger partial charge in [0.1, 0.15) is 12.4 Å². The number of aryl methyl sites for hydroxylation is 1. The molecule has 4 rings (SSSR count). The Morgan fingerprint density at radius 3 is 2.56 bits per heavy atom. The van der Waals surface area contributed by atoms with Gasteiger partial charge in [-0.2, -0.15) is 0 Å². The molecule has 3 aromatic carbocycles. The normalized spacial score (nSPS) is 13.1. The van der Waals surface area contributed by atoms with Crippen molar-refractivity contribution < 1.29 is 18.8 Å². The van der Waals surface area contributed by atoms with Crippen LogP contribution in [0.25, 0.3) is 0 Å². The smallest absolute Gasteiger partial charge is 0.288 e. The van der Waals surface area contributed by atoms with Crippen LogP contribution in [-0.2, 0) is 16.1 Å². The molecule has 0 saturated carbocycles.